The van der Waals surface area contributed by atoms with Crippen molar-refractivity contribution in [2.75, 3.05) is 19.0 Å². The zero-order chi connectivity index (χ0) is 11.9. The van der Waals surface area contributed by atoms with E-state index in [0.29, 0.717) is 5.75 Å². The molecule has 0 heterocycles. The van der Waals surface area contributed by atoms with E-state index in [4.69, 9.17) is 4.52 Å². The third-order valence-corrected chi connectivity index (χ3v) is 5.29. The van der Waals surface area contributed by atoms with Gasteiger partial charge in [0.2, 0.25) is 0 Å². The van der Waals surface area contributed by atoms with Gasteiger partial charge in [-0.3, -0.25) is 4.52 Å². The molecule has 0 spiro atoms. The fourth-order valence-corrected chi connectivity index (χ4v) is 4.16. The molecular formula is C7H14ClF2O3PS. The van der Waals surface area contributed by atoms with Gasteiger partial charge in [0, 0.05) is 5.75 Å². The van der Waals surface area contributed by atoms with Crippen molar-refractivity contribution in [2.45, 2.75) is 25.7 Å². The van der Waals surface area contributed by atoms with E-state index in [2.05, 4.69) is 16.1 Å². The van der Waals surface area contributed by atoms with Crippen molar-refractivity contribution >= 4 is 29.8 Å². The fraction of sp³-hybridized carbons (Fsp3) is 1.00. The van der Waals surface area contributed by atoms with Gasteiger partial charge in [-0.05, 0) is 36.3 Å². The molecule has 0 rings (SSSR count). The molecule has 1 atom stereocenters. The quantitative estimate of drug-likeness (QED) is 0.495. The lowest BCUT2D eigenvalue weighted by Crippen LogP contribution is -2.14. The molecule has 1 unspecified atom stereocenters. The maximum Gasteiger partial charge on any atom is 0.389 e. The zero-order valence-electron chi connectivity index (χ0n) is 8.54. The van der Waals surface area contributed by atoms with Gasteiger partial charge in [0.25, 0.3) is 0 Å². The Bertz CT molecular complexity index is 225. The van der Waals surface area contributed by atoms with E-state index >= 15 is 0 Å². The minimum absolute atomic E-state index is 0.141. The van der Waals surface area contributed by atoms with Gasteiger partial charge in [0.05, 0.1) is 6.61 Å². The highest BCUT2D eigenvalue weighted by molar-refractivity contribution is 8.55. The van der Waals surface area contributed by atoms with E-state index in [1.807, 2.05) is 6.92 Å². The first-order valence-electron chi connectivity index (χ1n) is 4.43. The fourth-order valence-electron chi connectivity index (χ4n) is 0.625. The first kappa shape index (κ1) is 15.7. The summed E-state index contributed by atoms with van der Waals surface area (Å²) in [6, 6.07) is 0. The number of hydrogen-bond acceptors (Lipinski definition) is 4. The third-order valence-electron chi connectivity index (χ3n) is 1.13. The first-order chi connectivity index (χ1) is 6.83. The van der Waals surface area contributed by atoms with Crippen molar-refractivity contribution in [1.29, 1.82) is 0 Å². The summed E-state index contributed by atoms with van der Waals surface area (Å²) in [6.45, 7) is -0.961. The smallest absolute Gasteiger partial charge is 0.301 e. The van der Waals surface area contributed by atoms with E-state index in [1.54, 1.807) is 6.92 Å². The van der Waals surface area contributed by atoms with Crippen LogP contribution in [0.5, 0.6) is 0 Å². The van der Waals surface area contributed by atoms with Crippen molar-refractivity contribution in [3.63, 3.8) is 0 Å². The minimum atomic E-state index is -3.51. The molecule has 3 nitrogen and oxygen atoms in total. The maximum absolute atomic E-state index is 12.3. The van der Waals surface area contributed by atoms with Crippen LogP contribution in [0.1, 0.15) is 20.3 Å². The molecule has 15 heavy (non-hydrogen) atoms. The van der Waals surface area contributed by atoms with E-state index < -0.39 is 18.8 Å². The highest BCUT2D eigenvalue weighted by Gasteiger charge is 2.33. The van der Waals surface area contributed by atoms with Gasteiger partial charge in [-0.15, -0.1) is 0 Å². The predicted octanol–water partition coefficient (Wildman–Crippen LogP) is 4.12. The molecule has 0 fully saturated rings. The highest BCUT2D eigenvalue weighted by atomic mass is 35.5. The zero-order valence-corrected chi connectivity index (χ0v) is 11.0. The van der Waals surface area contributed by atoms with Crippen LogP contribution in [0.25, 0.3) is 0 Å². The molecule has 0 saturated heterocycles. The molecule has 0 radical (unpaired) electrons. The minimum Gasteiger partial charge on any atom is -0.301 e. The molecule has 0 saturated carbocycles. The average Bonchev–Trinajstić information content (AvgIpc) is 2.12. The maximum atomic E-state index is 12.3. The van der Waals surface area contributed by atoms with Crippen LogP contribution < -0.4 is 0 Å². The summed E-state index contributed by atoms with van der Waals surface area (Å²) in [5.74, 6) is 0.519. The summed E-state index contributed by atoms with van der Waals surface area (Å²) in [5, 5.41) is -3.51. The molecular weight excluding hydrogens is 269 g/mol. The van der Waals surface area contributed by atoms with Crippen LogP contribution in [-0.4, -0.2) is 24.3 Å². The molecule has 8 heteroatoms. The molecule has 0 bridgehead atoms. The molecule has 0 aromatic heterocycles. The summed E-state index contributed by atoms with van der Waals surface area (Å²) < 4.78 is 45.7. The number of halogens is 3. The lowest BCUT2D eigenvalue weighted by atomic mass is 10.6. The Morgan fingerprint density at radius 1 is 1.40 bits per heavy atom. The van der Waals surface area contributed by atoms with Crippen LogP contribution in [0.3, 0.4) is 0 Å². The van der Waals surface area contributed by atoms with E-state index in [-0.39, 0.29) is 6.61 Å². The predicted molar refractivity (Wildman–Crippen MR) is 58.7 cm³/mol. The Kier molecular flexibility index (Phi) is 7.38. The lowest BCUT2D eigenvalue weighted by Gasteiger charge is -2.17. The Morgan fingerprint density at radius 3 is 2.40 bits per heavy atom. The number of hydrogen-bond donors (Lipinski definition) is 0. The second-order valence-electron chi connectivity index (χ2n) is 2.59. The van der Waals surface area contributed by atoms with Crippen molar-refractivity contribution in [2.24, 2.45) is 0 Å². The molecule has 0 aliphatic rings. The Labute approximate surface area is 97.1 Å². The standard InChI is InChI=1S/C7H14ClF2O3PS/c1-3-5-15-14(11,12-4-2)13-6-7(8,9)10/h3-6H2,1-2H3. The largest absolute Gasteiger partial charge is 0.389 e. The van der Waals surface area contributed by atoms with Gasteiger partial charge in [0.15, 0.2) is 0 Å². The molecule has 0 aromatic carbocycles. The number of rotatable bonds is 8. The van der Waals surface area contributed by atoms with Gasteiger partial charge < -0.3 is 4.52 Å². The molecule has 0 N–H and O–H groups in total. The Morgan fingerprint density at radius 2 is 2.00 bits per heavy atom. The summed E-state index contributed by atoms with van der Waals surface area (Å²) in [5.41, 5.74) is 0. The lowest BCUT2D eigenvalue weighted by molar-refractivity contribution is 0.0342. The SMILES string of the molecule is CCCSP(=O)(OCC)OCC(F)(F)Cl. The van der Waals surface area contributed by atoms with Gasteiger partial charge >= 0.3 is 12.2 Å². The number of alkyl halides is 3. The van der Waals surface area contributed by atoms with Gasteiger partial charge in [-0.2, -0.15) is 8.78 Å². The average molecular weight is 283 g/mol. The van der Waals surface area contributed by atoms with Crippen LogP contribution in [0.2, 0.25) is 0 Å². The molecule has 0 amide bonds. The highest BCUT2D eigenvalue weighted by Crippen LogP contribution is 2.61. The van der Waals surface area contributed by atoms with Gasteiger partial charge in [-0.25, -0.2) is 4.57 Å². The Hall–Kier alpha value is 0.650. The van der Waals surface area contributed by atoms with Crippen molar-refractivity contribution in [1.82, 2.24) is 0 Å². The monoisotopic (exact) mass is 282 g/mol. The second kappa shape index (κ2) is 7.07. The van der Waals surface area contributed by atoms with E-state index in [0.717, 1.165) is 17.8 Å². The van der Waals surface area contributed by atoms with Crippen LogP contribution in [-0.2, 0) is 13.6 Å². The van der Waals surface area contributed by atoms with Crippen molar-refractivity contribution < 1.29 is 22.4 Å². The third kappa shape index (κ3) is 8.46. The normalized spacial score (nSPS) is 16.3. The van der Waals surface area contributed by atoms with Crippen LogP contribution in [0, 0.1) is 0 Å². The summed E-state index contributed by atoms with van der Waals surface area (Å²) in [4.78, 5) is 0. The van der Waals surface area contributed by atoms with Crippen LogP contribution in [0.4, 0.5) is 8.78 Å². The van der Waals surface area contributed by atoms with Crippen molar-refractivity contribution in [3.8, 4) is 0 Å². The molecule has 0 aliphatic heterocycles. The van der Waals surface area contributed by atoms with Gasteiger partial charge in [-0.1, -0.05) is 6.92 Å². The van der Waals surface area contributed by atoms with Crippen molar-refractivity contribution in [3.05, 3.63) is 0 Å². The summed E-state index contributed by atoms with van der Waals surface area (Å²) in [7, 11) is 0. The summed E-state index contributed by atoms with van der Waals surface area (Å²) >= 11 is 5.54. The summed E-state index contributed by atoms with van der Waals surface area (Å²) in [6.07, 6.45) is 0.752. The van der Waals surface area contributed by atoms with E-state index in [1.165, 1.54) is 0 Å². The van der Waals surface area contributed by atoms with Crippen LogP contribution in [0.15, 0.2) is 0 Å². The molecule has 0 aromatic rings. The Balaban J connectivity index is 4.19. The van der Waals surface area contributed by atoms with E-state index in [9.17, 15) is 13.3 Å². The topological polar surface area (TPSA) is 35.5 Å². The molecule has 0 aliphatic carbocycles. The van der Waals surface area contributed by atoms with Gasteiger partial charge in [0.1, 0.15) is 6.61 Å². The first-order valence-corrected chi connectivity index (χ1v) is 7.94. The van der Waals surface area contributed by atoms with Crippen LogP contribution >= 0.6 is 29.8 Å². The molecule has 92 valence electrons. The second-order valence-corrected chi connectivity index (χ2v) is 7.33.